The van der Waals surface area contributed by atoms with Crippen molar-refractivity contribution in [3.63, 3.8) is 0 Å². The zero-order valence-corrected chi connectivity index (χ0v) is 9.71. The highest BCUT2D eigenvalue weighted by Gasteiger charge is 2.11. The van der Waals surface area contributed by atoms with Crippen LogP contribution in [0.2, 0.25) is 5.15 Å². The molecule has 2 rings (SSSR count). The van der Waals surface area contributed by atoms with E-state index in [-0.39, 0.29) is 0 Å². The van der Waals surface area contributed by atoms with E-state index in [4.69, 9.17) is 11.6 Å². The molecule has 0 amide bonds. The molecule has 0 saturated carbocycles. The summed E-state index contributed by atoms with van der Waals surface area (Å²) in [6.45, 7) is 6.07. The van der Waals surface area contributed by atoms with Gasteiger partial charge in [-0.2, -0.15) is 5.10 Å². The summed E-state index contributed by atoms with van der Waals surface area (Å²) < 4.78 is 1.83. The monoisotopic (exact) mass is 221 g/mol. The Kier molecular flexibility index (Phi) is 2.49. The van der Waals surface area contributed by atoms with E-state index in [0.717, 1.165) is 17.1 Å². The van der Waals surface area contributed by atoms with Gasteiger partial charge in [0, 0.05) is 11.9 Å². The molecule has 2 aromatic heterocycles. The Morgan fingerprint density at radius 2 is 2.00 bits per heavy atom. The molecule has 4 heteroatoms. The molecular weight excluding hydrogens is 210 g/mol. The highest BCUT2D eigenvalue weighted by atomic mass is 35.5. The minimum Gasteiger partial charge on any atom is -0.242 e. The molecule has 0 atom stereocenters. The molecule has 0 saturated heterocycles. The maximum Gasteiger partial charge on any atom is 0.154 e. The molecular formula is C11H12ClN3. The number of hydrogen-bond donors (Lipinski definition) is 0. The fourth-order valence-corrected chi connectivity index (χ4v) is 1.69. The summed E-state index contributed by atoms with van der Waals surface area (Å²) in [7, 11) is 0. The van der Waals surface area contributed by atoms with Gasteiger partial charge in [0.05, 0.1) is 5.69 Å². The lowest BCUT2D eigenvalue weighted by atomic mass is 10.2. The first kappa shape index (κ1) is 10.2. The Morgan fingerprint density at radius 3 is 2.53 bits per heavy atom. The molecule has 0 N–H and O–H groups in total. The van der Waals surface area contributed by atoms with Gasteiger partial charge in [-0.1, -0.05) is 11.6 Å². The molecule has 0 aromatic carbocycles. The van der Waals surface area contributed by atoms with Crippen molar-refractivity contribution in [1.29, 1.82) is 0 Å². The average Bonchev–Trinajstić information content (AvgIpc) is 2.47. The van der Waals surface area contributed by atoms with E-state index in [9.17, 15) is 0 Å². The van der Waals surface area contributed by atoms with Crippen LogP contribution in [0.4, 0.5) is 0 Å². The van der Waals surface area contributed by atoms with Gasteiger partial charge in [0.2, 0.25) is 0 Å². The second kappa shape index (κ2) is 3.66. The largest absolute Gasteiger partial charge is 0.242 e. The zero-order chi connectivity index (χ0) is 11.0. The van der Waals surface area contributed by atoms with Gasteiger partial charge in [-0.05, 0) is 38.5 Å². The summed E-state index contributed by atoms with van der Waals surface area (Å²) in [6, 6.07) is 3.77. The lowest BCUT2D eigenvalue weighted by Crippen LogP contribution is -2.00. The van der Waals surface area contributed by atoms with Gasteiger partial charge in [-0.3, -0.25) is 0 Å². The van der Waals surface area contributed by atoms with E-state index in [2.05, 4.69) is 17.0 Å². The molecule has 2 aromatic rings. The Labute approximate surface area is 93.7 Å². The molecule has 0 radical (unpaired) electrons. The number of halogens is 1. The summed E-state index contributed by atoms with van der Waals surface area (Å²) in [6.07, 6.45) is 1.67. The number of hydrogen-bond acceptors (Lipinski definition) is 2. The van der Waals surface area contributed by atoms with Crippen molar-refractivity contribution in [2.45, 2.75) is 20.8 Å². The summed E-state index contributed by atoms with van der Waals surface area (Å²) >= 11 is 6.02. The topological polar surface area (TPSA) is 30.7 Å². The number of pyridine rings is 1. The lowest BCUT2D eigenvalue weighted by Gasteiger charge is -2.05. The van der Waals surface area contributed by atoms with Crippen LogP contribution in [0.15, 0.2) is 18.3 Å². The summed E-state index contributed by atoms with van der Waals surface area (Å²) in [5, 5.41) is 4.91. The zero-order valence-electron chi connectivity index (χ0n) is 8.95. The van der Waals surface area contributed by atoms with Crippen LogP contribution in [-0.2, 0) is 0 Å². The minimum atomic E-state index is 0.475. The highest BCUT2D eigenvalue weighted by Crippen LogP contribution is 2.21. The van der Waals surface area contributed by atoms with Crippen molar-refractivity contribution < 1.29 is 0 Å². The third-order valence-electron chi connectivity index (χ3n) is 2.62. The van der Waals surface area contributed by atoms with Crippen LogP contribution in [0.1, 0.15) is 17.0 Å². The van der Waals surface area contributed by atoms with E-state index >= 15 is 0 Å². The molecule has 78 valence electrons. The third-order valence-corrected chi connectivity index (χ3v) is 2.91. The van der Waals surface area contributed by atoms with E-state index < -0.39 is 0 Å². The summed E-state index contributed by atoms with van der Waals surface area (Å²) in [5.74, 6) is 0. The molecule has 0 fully saturated rings. The number of nitrogens with zero attached hydrogens (tertiary/aromatic N) is 3. The van der Waals surface area contributed by atoms with Crippen LogP contribution in [-0.4, -0.2) is 14.8 Å². The smallest absolute Gasteiger partial charge is 0.154 e. The van der Waals surface area contributed by atoms with E-state index in [0.29, 0.717) is 5.15 Å². The molecule has 2 heterocycles. The minimum absolute atomic E-state index is 0.475. The Balaban J connectivity index is 2.65. The standard InChI is InChI=1S/C11H12ClN3/c1-7-8(2)14-15(9(7)3)10-5-4-6-13-11(10)12/h4-6H,1-3H3. The highest BCUT2D eigenvalue weighted by molar-refractivity contribution is 6.31. The molecule has 0 aliphatic carbocycles. The van der Waals surface area contributed by atoms with Gasteiger partial charge >= 0.3 is 0 Å². The van der Waals surface area contributed by atoms with Crippen molar-refractivity contribution in [3.05, 3.63) is 40.4 Å². The van der Waals surface area contributed by atoms with Crippen molar-refractivity contribution in [2.75, 3.05) is 0 Å². The lowest BCUT2D eigenvalue weighted by molar-refractivity contribution is 0.828. The van der Waals surface area contributed by atoms with Gasteiger partial charge in [0.25, 0.3) is 0 Å². The first-order valence-corrected chi connectivity index (χ1v) is 5.12. The second-order valence-electron chi connectivity index (χ2n) is 3.52. The van der Waals surface area contributed by atoms with E-state index in [1.807, 2.05) is 30.7 Å². The normalized spacial score (nSPS) is 10.7. The maximum atomic E-state index is 6.02. The first-order chi connectivity index (χ1) is 7.11. The second-order valence-corrected chi connectivity index (χ2v) is 3.88. The molecule has 15 heavy (non-hydrogen) atoms. The van der Waals surface area contributed by atoms with Gasteiger partial charge in [-0.25, -0.2) is 9.67 Å². The molecule has 0 unspecified atom stereocenters. The van der Waals surface area contributed by atoms with Crippen molar-refractivity contribution >= 4 is 11.6 Å². The molecule has 0 spiro atoms. The Bertz CT molecular complexity index is 503. The van der Waals surface area contributed by atoms with E-state index in [1.54, 1.807) is 6.20 Å². The van der Waals surface area contributed by atoms with Gasteiger partial charge in [-0.15, -0.1) is 0 Å². The van der Waals surface area contributed by atoms with Crippen LogP contribution in [0, 0.1) is 20.8 Å². The van der Waals surface area contributed by atoms with Crippen LogP contribution in [0.5, 0.6) is 0 Å². The molecule has 0 aliphatic heterocycles. The first-order valence-electron chi connectivity index (χ1n) is 4.75. The van der Waals surface area contributed by atoms with Crippen molar-refractivity contribution in [2.24, 2.45) is 0 Å². The fraction of sp³-hybridized carbons (Fsp3) is 0.273. The quantitative estimate of drug-likeness (QED) is 0.694. The summed E-state index contributed by atoms with van der Waals surface area (Å²) in [4.78, 5) is 4.04. The van der Waals surface area contributed by atoms with Gasteiger partial charge in [0.15, 0.2) is 5.15 Å². The predicted octanol–water partition coefficient (Wildman–Crippen LogP) is 2.85. The molecule has 3 nitrogen and oxygen atoms in total. The van der Waals surface area contributed by atoms with Gasteiger partial charge < -0.3 is 0 Å². The fourth-order valence-electron chi connectivity index (χ4n) is 1.49. The number of aryl methyl sites for hydroxylation is 1. The predicted molar refractivity (Wildman–Crippen MR) is 60.6 cm³/mol. The van der Waals surface area contributed by atoms with Crippen LogP contribution in [0.3, 0.4) is 0 Å². The SMILES string of the molecule is Cc1nn(-c2cccnc2Cl)c(C)c1C. The number of aromatic nitrogens is 3. The van der Waals surface area contributed by atoms with Gasteiger partial charge in [0.1, 0.15) is 5.69 Å². The molecule has 0 aliphatic rings. The summed E-state index contributed by atoms with van der Waals surface area (Å²) in [5.41, 5.74) is 4.14. The van der Waals surface area contributed by atoms with Crippen LogP contribution >= 0.6 is 11.6 Å². The van der Waals surface area contributed by atoms with Crippen molar-refractivity contribution in [3.8, 4) is 5.69 Å². The number of rotatable bonds is 1. The van der Waals surface area contributed by atoms with Crippen molar-refractivity contribution in [1.82, 2.24) is 14.8 Å². The van der Waals surface area contributed by atoms with Crippen LogP contribution < -0.4 is 0 Å². The van der Waals surface area contributed by atoms with E-state index in [1.165, 1.54) is 5.56 Å². The third kappa shape index (κ3) is 1.63. The Hall–Kier alpha value is -1.35. The molecule has 0 bridgehead atoms. The van der Waals surface area contributed by atoms with Crippen LogP contribution in [0.25, 0.3) is 5.69 Å². The average molecular weight is 222 g/mol. The Morgan fingerprint density at radius 1 is 1.27 bits per heavy atom. The maximum absolute atomic E-state index is 6.02.